The van der Waals surface area contributed by atoms with E-state index in [1.165, 1.54) is 4.63 Å². The third kappa shape index (κ3) is 2.10. The largest absolute Gasteiger partial charge is 0.497 e. The van der Waals surface area contributed by atoms with E-state index in [1.54, 1.807) is 37.4 Å². The van der Waals surface area contributed by atoms with Crippen LogP contribution in [-0.2, 0) is 0 Å². The highest BCUT2D eigenvalue weighted by atomic mass is 16.5. The Labute approximate surface area is 107 Å². The number of aromatic nitrogens is 5. The van der Waals surface area contributed by atoms with Crippen LogP contribution in [0, 0.1) is 0 Å². The van der Waals surface area contributed by atoms with Crippen molar-refractivity contribution < 1.29 is 9.47 Å². The van der Waals surface area contributed by atoms with Crippen LogP contribution in [0.2, 0.25) is 0 Å². The zero-order chi connectivity index (χ0) is 13.2. The van der Waals surface area contributed by atoms with Crippen molar-refractivity contribution in [2.24, 2.45) is 0 Å². The van der Waals surface area contributed by atoms with Crippen molar-refractivity contribution in [3.63, 3.8) is 0 Å². The molecule has 0 bridgehead atoms. The van der Waals surface area contributed by atoms with Gasteiger partial charge in [-0.3, -0.25) is 0 Å². The fourth-order valence-electron chi connectivity index (χ4n) is 1.55. The van der Waals surface area contributed by atoms with E-state index in [4.69, 9.17) is 15.2 Å². The second-order valence-electron chi connectivity index (χ2n) is 3.70. The normalized spacial score (nSPS) is 10.6. The standard InChI is InChI=1S/C11H10N6O2/c1-18-7-2-3-9(8(12)6-7)19-11-5-4-10-13-15-16-17(10)14-11/h2-6H,12H2,1H3. The van der Waals surface area contributed by atoms with E-state index in [2.05, 4.69) is 20.6 Å². The SMILES string of the molecule is COc1ccc(Oc2ccc3nnnn3n2)c(N)c1. The number of anilines is 1. The zero-order valence-electron chi connectivity index (χ0n) is 10.0. The first-order valence-electron chi connectivity index (χ1n) is 5.43. The quantitative estimate of drug-likeness (QED) is 0.696. The van der Waals surface area contributed by atoms with Crippen LogP contribution < -0.4 is 15.2 Å². The summed E-state index contributed by atoms with van der Waals surface area (Å²) in [6, 6.07) is 8.49. The number of hydrogen-bond donors (Lipinski definition) is 1. The van der Waals surface area contributed by atoms with Crippen molar-refractivity contribution in [2.45, 2.75) is 0 Å². The summed E-state index contributed by atoms with van der Waals surface area (Å²) in [5.41, 5.74) is 6.85. The Morgan fingerprint density at radius 3 is 2.89 bits per heavy atom. The molecule has 3 rings (SSSR count). The van der Waals surface area contributed by atoms with Gasteiger partial charge in [0, 0.05) is 12.1 Å². The Balaban J connectivity index is 1.91. The zero-order valence-corrected chi connectivity index (χ0v) is 10.0. The van der Waals surface area contributed by atoms with Gasteiger partial charge in [0.25, 0.3) is 0 Å². The van der Waals surface area contributed by atoms with Crippen molar-refractivity contribution in [1.29, 1.82) is 0 Å². The van der Waals surface area contributed by atoms with E-state index in [0.29, 0.717) is 28.7 Å². The molecular weight excluding hydrogens is 248 g/mol. The predicted octanol–water partition coefficient (Wildman–Crippen LogP) is 0.902. The summed E-state index contributed by atoms with van der Waals surface area (Å²) < 4.78 is 11.9. The Morgan fingerprint density at radius 2 is 2.11 bits per heavy atom. The fraction of sp³-hybridized carbons (Fsp3) is 0.0909. The third-order valence-electron chi connectivity index (χ3n) is 2.48. The molecule has 0 atom stereocenters. The summed E-state index contributed by atoms with van der Waals surface area (Å²) in [4.78, 5) is 0. The topological polar surface area (TPSA) is 100 Å². The number of nitrogen functional groups attached to an aromatic ring is 1. The molecule has 8 nitrogen and oxygen atoms in total. The van der Waals surface area contributed by atoms with E-state index < -0.39 is 0 Å². The maximum Gasteiger partial charge on any atom is 0.239 e. The lowest BCUT2D eigenvalue weighted by molar-refractivity contribution is 0.412. The highest BCUT2D eigenvalue weighted by molar-refractivity contribution is 5.57. The molecular formula is C11H10N6O2. The van der Waals surface area contributed by atoms with Gasteiger partial charge in [-0.05, 0) is 28.6 Å². The molecule has 19 heavy (non-hydrogen) atoms. The second kappa shape index (κ2) is 4.41. The number of nitrogens with zero attached hydrogens (tertiary/aromatic N) is 5. The number of rotatable bonds is 3. The summed E-state index contributed by atoms with van der Waals surface area (Å²) in [6.45, 7) is 0. The average Bonchev–Trinajstić information content (AvgIpc) is 2.88. The summed E-state index contributed by atoms with van der Waals surface area (Å²) in [5.74, 6) is 1.49. The van der Waals surface area contributed by atoms with E-state index in [9.17, 15) is 0 Å². The number of benzene rings is 1. The molecule has 96 valence electrons. The molecule has 0 aliphatic heterocycles. The Kier molecular flexibility index (Phi) is 2.60. The monoisotopic (exact) mass is 258 g/mol. The highest BCUT2D eigenvalue weighted by Crippen LogP contribution is 2.29. The Bertz CT molecular complexity index is 726. The summed E-state index contributed by atoms with van der Waals surface area (Å²) in [7, 11) is 1.57. The lowest BCUT2D eigenvalue weighted by atomic mass is 10.3. The first kappa shape index (κ1) is 11.2. The maximum absolute atomic E-state index is 5.86. The molecule has 0 saturated carbocycles. The fourth-order valence-corrected chi connectivity index (χ4v) is 1.55. The van der Waals surface area contributed by atoms with Crippen molar-refractivity contribution in [2.75, 3.05) is 12.8 Å². The van der Waals surface area contributed by atoms with Crippen LogP contribution in [0.1, 0.15) is 0 Å². The number of ether oxygens (including phenoxy) is 2. The molecule has 8 heteroatoms. The first-order chi connectivity index (χ1) is 9.26. The molecule has 0 radical (unpaired) electrons. The van der Waals surface area contributed by atoms with Gasteiger partial charge in [0.1, 0.15) is 5.75 Å². The summed E-state index contributed by atoms with van der Waals surface area (Å²) in [5, 5.41) is 15.0. The lowest BCUT2D eigenvalue weighted by Crippen LogP contribution is -1.99. The minimum atomic E-state index is 0.344. The van der Waals surface area contributed by atoms with Crippen molar-refractivity contribution in [3.8, 4) is 17.4 Å². The molecule has 0 fully saturated rings. The van der Waals surface area contributed by atoms with Crippen LogP contribution >= 0.6 is 0 Å². The predicted molar refractivity (Wildman–Crippen MR) is 66.1 cm³/mol. The van der Waals surface area contributed by atoms with Crippen molar-refractivity contribution in [1.82, 2.24) is 25.3 Å². The molecule has 0 spiro atoms. The number of methoxy groups -OCH3 is 1. The van der Waals surface area contributed by atoms with Crippen molar-refractivity contribution >= 4 is 11.3 Å². The number of hydrogen-bond acceptors (Lipinski definition) is 7. The van der Waals surface area contributed by atoms with Crippen LogP contribution in [0.3, 0.4) is 0 Å². The Hall–Kier alpha value is -2.90. The van der Waals surface area contributed by atoms with Gasteiger partial charge in [0.15, 0.2) is 11.4 Å². The van der Waals surface area contributed by atoms with Crippen LogP contribution in [0.5, 0.6) is 17.4 Å². The number of tetrazole rings is 1. The molecule has 2 N–H and O–H groups in total. The maximum atomic E-state index is 5.86. The summed E-state index contributed by atoms with van der Waals surface area (Å²) in [6.07, 6.45) is 0. The minimum absolute atomic E-state index is 0.344. The summed E-state index contributed by atoms with van der Waals surface area (Å²) >= 11 is 0. The molecule has 0 aliphatic rings. The average molecular weight is 258 g/mol. The smallest absolute Gasteiger partial charge is 0.239 e. The molecule has 0 unspecified atom stereocenters. The van der Waals surface area contributed by atoms with Crippen LogP contribution in [-0.4, -0.2) is 32.4 Å². The molecule has 0 aliphatic carbocycles. The molecule has 1 aromatic carbocycles. The molecule has 0 saturated heterocycles. The van der Waals surface area contributed by atoms with Crippen molar-refractivity contribution in [3.05, 3.63) is 30.3 Å². The van der Waals surface area contributed by atoms with Gasteiger partial charge in [-0.2, -0.15) is 0 Å². The van der Waals surface area contributed by atoms with Gasteiger partial charge in [0.05, 0.1) is 12.8 Å². The molecule has 2 aromatic heterocycles. The molecule has 0 amide bonds. The molecule has 3 aromatic rings. The number of nitrogens with two attached hydrogens (primary N) is 1. The third-order valence-corrected chi connectivity index (χ3v) is 2.48. The molecule has 2 heterocycles. The van der Waals surface area contributed by atoms with E-state index in [-0.39, 0.29) is 0 Å². The van der Waals surface area contributed by atoms with Gasteiger partial charge >= 0.3 is 0 Å². The van der Waals surface area contributed by atoms with E-state index >= 15 is 0 Å². The van der Waals surface area contributed by atoms with Gasteiger partial charge in [-0.1, -0.05) is 0 Å². The Morgan fingerprint density at radius 1 is 1.21 bits per heavy atom. The van der Waals surface area contributed by atoms with Gasteiger partial charge < -0.3 is 15.2 Å². The second-order valence-corrected chi connectivity index (χ2v) is 3.70. The van der Waals surface area contributed by atoms with Crippen LogP contribution in [0.4, 0.5) is 5.69 Å². The van der Waals surface area contributed by atoms with E-state index in [0.717, 1.165) is 0 Å². The van der Waals surface area contributed by atoms with Gasteiger partial charge in [-0.15, -0.1) is 14.8 Å². The van der Waals surface area contributed by atoms with E-state index in [1.807, 2.05) is 0 Å². The van der Waals surface area contributed by atoms with Crippen LogP contribution in [0.15, 0.2) is 30.3 Å². The first-order valence-corrected chi connectivity index (χ1v) is 5.43. The minimum Gasteiger partial charge on any atom is -0.497 e. The lowest BCUT2D eigenvalue weighted by Gasteiger charge is -2.08. The van der Waals surface area contributed by atoms with Crippen LogP contribution in [0.25, 0.3) is 5.65 Å². The van der Waals surface area contributed by atoms with Gasteiger partial charge in [-0.25, -0.2) is 0 Å². The number of fused-ring (bicyclic) bond motifs is 1. The highest BCUT2D eigenvalue weighted by Gasteiger charge is 2.06. The van der Waals surface area contributed by atoms with Gasteiger partial charge in [0.2, 0.25) is 5.88 Å².